The summed E-state index contributed by atoms with van der Waals surface area (Å²) in [6, 6.07) is 0. The van der Waals surface area contributed by atoms with Gasteiger partial charge >= 0.3 is 0 Å². The van der Waals surface area contributed by atoms with Crippen LogP contribution in [0, 0.1) is 0 Å². The average molecular weight is 200 g/mol. The van der Waals surface area contributed by atoms with E-state index in [1.165, 1.54) is 0 Å². The first-order valence-corrected chi connectivity index (χ1v) is 4.56. The number of hydrogen-bond acceptors (Lipinski definition) is 3. The second-order valence-electron chi connectivity index (χ2n) is 3.09. The first-order valence-electron chi connectivity index (χ1n) is 4.56. The van der Waals surface area contributed by atoms with Crippen molar-refractivity contribution in [1.29, 1.82) is 0 Å². The molecule has 0 heterocycles. The molecule has 0 fully saturated rings. The molecule has 0 saturated heterocycles. The lowest BCUT2D eigenvalue weighted by molar-refractivity contribution is 0.140. The van der Waals surface area contributed by atoms with E-state index in [4.69, 9.17) is 14.2 Å². The van der Waals surface area contributed by atoms with Gasteiger partial charge in [-0.15, -0.1) is 0 Å². The fraction of sp³-hybridized carbons (Fsp3) is 0.636. The minimum atomic E-state index is 0.0471. The maximum atomic E-state index is 5.25. The molecule has 14 heavy (non-hydrogen) atoms. The summed E-state index contributed by atoms with van der Waals surface area (Å²) >= 11 is 0. The molecular formula is C11H20O3. The largest absolute Gasteiger partial charge is 0.501 e. The Kier molecular flexibility index (Phi) is 6.04. The number of methoxy groups -OCH3 is 3. The number of ether oxygens (including phenoxy) is 3. The van der Waals surface area contributed by atoms with Crippen molar-refractivity contribution in [3.05, 3.63) is 23.2 Å². The predicted molar refractivity (Wildman–Crippen MR) is 56.9 cm³/mol. The van der Waals surface area contributed by atoms with Crippen LogP contribution in [0.3, 0.4) is 0 Å². The Balaban J connectivity index is 4.84. The maximum absolute atomic E-state index is 5.25. The molecule has 3 nitrogen and oxygen atoms in total. The summed E-state index contributed by atoms with van der Waals surface area (Å²) < 4.78 is 15.5. The molecule has 0 aliphatic carbocycles. The van der Waals surface area contributed by atoms with Crippen LogP contribution in [-0.2, 0) is 14.2 Å². The topological polar surface area (TPSA) is 27.7 Å². The van der Waals surface area contributed by atoms with Crippen molar-refractivity contribution in [2.24, 2.45) is 0 Å². The van der Waals surface area contributed by atoms with E-state index in [-0.39, 0.29) is 6.10 Å². The molecule has 0 saturated carbocycles. The van der Waals surface area contributed by atoms with Gasteiger partial charge in [0.15, 0.2) is 0 Å². The van der Waals surface area contributed by atoms with Crippen molar-refractivity contribution in [3.63, 3.8) is 0 Å². The Morgan fingerprint density at radius 1 is 1.07 bits per heavy atom. The quantitative estimate of drug-likeness (QED) is 0.504. The molecule has 1 unspecified atom stereocenters. The third-order valence-corrected chi connectivity index (χ3v) is 2.23. The second kappa shape index (κ2) is 6.49. The summed E-state index contributed by atoms with van der Waals surface area (Å²) in [6.45, 7) is 5.83. The molecule has 0 radical (unpaired) electrons. The molecule has 0 spiro atoms. The zero-order valence-electron chi connectivity index (χ0n) is 9.88. The number of rotatable bonds is 5. The average Bonchev–Trinajstić information content (AvgIpc) is 2.23. The van der Waals surface area contributed by atoms with Crippen LogP contribution < -0.4 is 0 Å². The highest BCUT2D eigenvalue weighted by Gasteiger charge is 2.08. The highest BCUT2D eigenvalue weighted by atomic mass is 16.5. The van der Waals surface area contributed by atoms with E-state index in [2.05, 4.69) is 0 Å². The third kappa shape index (κ3) is 3.83. The lowest BCUT2D eigenvalue weighted by atomic mass is 10.1. The Bertz CT molecular complexity index is 229. The smallest absolute Gasteiger partial charge is 0.123 e. The SMILES string of the molecule is COC(C)=CC(OC)=C(C)C(C)OC. The summed E-state index contributed by atoms with van der Waals surface area (Å²) in [4.78, 5) is 0. The van der Waals surface area contributed by atoms with Gasteiger partial charge in [0.25, 0.3) is 0 Å². The molecule has 0 aromatic carbocycles. The molecule has 0 aliphatic rings. The molecule has 0 aromatic rings. The molecule has 82 valence electrons. The highest BCUT2D eigenvalue weighted by Crippen LogP contribution is 2.14. The first-order chi connectivity index (χ1) is 6.56. The number of hydrogen-bond donors (Lipinski definition) is 0. The molecule has 0 aromatic heterocycles. The summed E-state index contributed by atoms with van der Waals surface area (Å²) in [6.07, 6.45) is 1.90. The van der Waals surface area contributed by atoms with Crippen molar-refractivity contribution in [1.82, 2.24) is 0 Å². The summed E-state index contributed by atoms with van der Waals surface area (Å²) in [5.41, 5.74) is 1.05. The maximum Gasteiger partial charge on any atom is 0.123 e. The fourth-order valence-corrected chi connectivity index (χ4v) is 0.954. The van der Waals surface area contributed by atoms with E-state index in [9.17, 15) is 0 Å². The monoisotopic (exact) mass is 200 g/mol. The van der Waals surface area contributed by atoms with Crippen LogP contribution in [0.4, 0.5) is 0 Å². The van der Waals surface area contributed by atoms with Crippen molar-refractivity contribution < 1.29 is 14.2 Å². The standard InChI is InChI=1S/C11H20O3/c1-8(12-4)7-11(14-6)9(2)10(3)13-5/h7,10H,1-6H3. The van der Waals surface area contributed by atoms with Gasteiger partial charge < -0.3 is 14.2 Å². The van der Waals surface area contributed by atoms with Crippen LogP contribution in [-0.4, -0.2) is 27.4 Å². The van der Waals surface area contributed by atoms with Gasteiger partial charge in [0.1, 0.15) is 5.76 Å². The van der Waals surface area contributed by atoms with E-state index < -0.39 is 0 Å². The fourth-order valence-electron chi connectivity index (χ4n) is 0.954. The molecule has 0 bridgehead atoms. The Morgan fingerprint density at radius 3 is 2.00 bits per heavy atom. The van der Waals surface area contributed by atoms with Crippen LogP contribution in [0.2, 0.25) is 0 Å². The number of allylic oxidation sites excluding steroid dienone is 2. The third-order valence-electron chi connectivity index (χ3n) is 2.23. The zero-order chi connectivity index (χ0) is 11.1. The minimum absolute atomic E-state index is 0.0471. The van der Waals surface area contributed by atoms with Gasteiger partial charge in [-0.05, 0) is 26.3 Å². The lowest BCUT2D eigenvalue weighted by Crippen LogP contribution is -2.09. The van der Waals surface area contributed by atoms with Crippen LogP contribution in [0.25, 0.3) is 0 Å². The Morgan fingerprint density at radius 2 is 1.64 bits per heavy atom. The lowest BCUT2D eigenvalue weighted by Gasteiger charge is -2.14. The van der Waals surface area contributed by atoms with Gasteiger partial charge in [-0.1, -0.05) is 0 Å². The van der Waals surface area contributed by atoms with E-state index in [1.54, 1.807) is 21.3 Å². The van der Waals surface area contributed by atoms with Gasteiger partial charge in [0.05, 0.1) is 26.1 Å². The zero-order valence-corrected chi connectivity index (χ0v) is 9.88. The molecule has 1 atom stereocenters. The van der Waals surface area contributed by atoms with Gasteiger partial charge in [-0.2, -0.15) is 0 Å². The van der Waals surface area contributed by atoms with Crippen molar-refractivity contribution >= 4 is 0 Å². The van der Waals surface area contributed by atoms with Crippen LogP contribution in [0.5, 0.6) is 0 Å². The highest BCUT2D eigenvalue weighted by molar-refractivity contribution is 5.22. The summed E-state index contributed by atoms with van der Waals surface area (Å²) in [5, 5.41) is 0. The van der Waals surface area contributed by atoms with E-state index in [1.807, 2.05) is 26.8 Å². The Hall–Kier alpha value is -0.960. The molecule has 0 amide bonds. The van der Waals surface area contributed by atoms with Gasteiger partial charge in [0.2, 0.25) is 0 Å². The van der Waals surface area contributed by atoms with Crippen LogP contribution >= 0.6 is 0 Å². The minimum Gasteiger partial charge on any atom is -0.501 e. The molecule has 3 heteroatoms. The molecule has 0 rings (SSSR count). The van der Waals surface area contributed by atoms with Gasteiger partial charge in [0, 0.05) is 13.2 Å². The summed E-state index contributed by atoms with van der Waals surface area (Å²) in [7, 11) is 4.95. The first kappa shape index (κ1) is 13.0. The van der Waals surface area contributed by atoms with Crippen LogP contribution in [0.15, 0.2) is 23.2 Å². The summed E-state index contributed by atoms with van der Waals surface area (Å²) in [5.74, 6) is 1.60. The van der Waals surface area contributed by atoms with Gasteiger partial charge in [-0.3, -0.25) is 0 Å². The van der Waals surface area contributed by atoms with E-state index in [0.717, 1.165) is 17.1 Å². The molecule has 0 aliphatic heterocycles. The van der Waals surface area contributed by atoms with Crippen molar-refractivity contribution in [2.45, 2.75) is 26.9 Å². The van der Waals surface area contributed by atoms with E-state index >= 15 is 0 Å². The van der Waals surface area contributed by atoms with Crippen LogP contribution in [0.1, 0.15) is 20.8 Å². The van der Waals surface area contributed by atoms with Crippen molar-refractivity contribution in [2.75, 3.05) is 21.3 Å². The normalized spacial score (nSPS) is 16.0. The van der Waals surface area contributed by atoms with Crippen molar-refractivity contribution in [3.8, 4) is 0 Å². The molecular weight excluding hydrogens is 180 g/mol. The van der Waals surface area contributed by atoms with E-state index in [0.29, 0.717) is 0 Å². The Labute approximate surface area is 86.4 Å². The van der Waals surface area contributed by atoms with Gasteiger partial charge in [-0.25, -0.2) is 0 Å². The predicted octanol–water partition coefficient (Wildman–Crippen LogP) is 2.49. The molecule has 0 N–H and O–H groups in total. The second-order valence-corrected chi connectivity index (χ2v) is 3.09.